The molecule has 3 heterocycles. The standard InChI is InChI=1S/C23H25F2N5O2/c1-22(2,3)21-28-11-13(18(30-21)12-4-7-23(24,25)8-5-12)15-10-16(31)17-14(29-15)6-9-27-19(17)20(26)32/h6,9-12H,4-5,7-8H2,1-3H3,(H2,26,32)(H,29,31). The van der Waals surface area contributed by atoms with Crippen molar-refractivity contribution in [2.75, 3.05) is 0 Å². The molecule has 0 spiro atoms. The molecule has 9 heteroatoms. The van der Waals surface area contributed by atoms with Crippen molar-refractivity contribution in [1.82, 2.24) is 19.9 Å². The van der Waals surface area contributed by atoms with Gasteiger partial charge in [-0.05, 0) is 18.9 Å². The van der Waals surface area contributed by atoms with Gasteiger partial charge in [0, 0.05) is 48.2 Å². The number of nitrogens with one attached hydrogen (secondary N) is 1. The molecule has 168 valence electrons. The number of halogens is 2. The number of amides is 1. The second-order valence-electron chi connectivity index (χ2n) is 9.37. The highest BCUT2D eigenvalue weighted by atomic mass is 19.3. The lowest BCUT2D eigenvalue weighted by Gasteiger charge is -2.30. The van der Waals surface area contributed by atoms with Crippen LogP contribution < -0.4 is 11.2 Å². The summed E-state index contributed by atoms with van der Waals surface area (Å²) in [5, 5.41) is 0.106. The number of carbonyl (C=O) groups is 1. The van der Waals surface area contributed by atoms with Crippen LogP contribution in [0.4, 0.5) is 8.78 Å². The lowest BCUT2D eigenvalue weighted by molar-refractivity contribution is -0.0384. The van der Waals surface area contributed by atoms with Crippen LogP contribution in [-0.2, 0) is 5.41 Å². The minimum atomic E-state index is -2.66. The molecule has 0 saturated heterocycles. The van der Waals surface area contributed by atoms with Crippen LogP contribution in [0, 0.1) is 0 Å². The summed E-state index contributed by atoms with van der Waals surface area (Å²) in [5.41, 5.74) is 6.60. The number of primary amides is 1. The van der Waals surface area contributed by atoms with E-state index in [1.807, 2.05) is 20.8 Å². The van der Waals surface area contributed by atoms with E-state index in [2.05, 4.69) is 15.0 Å². The Morgan fingerprint density at radius 3 is 2.53 bits per heavy atom. The molecule has 0 aliphatic heterocycles. The number of hydrogen-bond acceptors (Lipinski definition) is 5. The number of fused-ring (bicyclic) bond motifs is 1. The normalized spacial score (nSPS) is 16.9. The van der Waals surface area contributed by atoms with E-state index in [1.54, 1.807) is 12.3 Å². The Labute approximate surface area is 183 Å². The van der Waals surface area contributed by atoms with E-state index >= 15 is 0 Å². The molecule has 1 aliphatic carbocycles. The number of nitrogens with zero attached hydrogens (tertiary/aromatic N) is 3. The van der Waals surface area contributed by atoms with Crippen LogP contribution in [0.15, 0.2) is 29.3 Å². The molecule has 32 heavy (non-hydrogen) atoms. The summed E-state index contributed by atoms with van der Waals surface area (Å²) < 4.78 is 27.6. The number of rotatable bonds is 3. The van der Waals surface area contributed by atoms with Crippen LogP contribution in [0.5, 0.6) is 0 Å². The van der Waals surface area contributed by atoms with Gasteiger partial charge in [-0.2, -0.15) is 0 Å². The van der Waals surface area contributed by atoms with Gasteiger partial charge in [-0.3, -0.25) is 14.6 Å². The maximum Gasteiger partial charge on any atom is 0.268 e. The average molecular weight is 441 g/mol. The molecule has 0 unspecified atom stereocenters. The van der Waals surface area contributed by atoms with Gasteiger partial charge in [-0.25, -0.2) is 18.7 Å². The second-order valence-corrected chi connectivity index (χ2v) is 9.37. The first-order valence-electron chi connectivity index (χ1n) is 10.5. The molecule has 0 atom stereocenters. The fourth-order valence-corrected chi connectivity index (χ4v) is 4.12. The van der Waals surface area contributed by atoms with Crippen molar-refractivity contribution in [3.8, 4) is 11.3 Å². The van der Waals surface area contributed by atoms with Crippen LogP contribution in [-0.4, -0.2) is 31.8 Å². The van der Waals surface area contributed by atoms with Crippen LogP contribution in [0.2, 0.25) is 0 Å². The molecule has 1 amide bonds. The van der Waals surface area contributed by atoms with Gasteiger partial charge in [0.1, 0.15) is 11.5 Å². The Bertz CT molecular complexity index is 1250. The van der Waals surface area contributed by atoms with E-state index in [-0.39, 0.29) is 35.3 Å². The Balaban J connectivity index is 1.89. The van der Waals surface area contributed by atoms with Gasteiger partial charge < -0.3 is 10.7 Å². The monoisotopic (exact) mass is 441 g/mol. The Hall–Kier alpha value is -3.23. The van der Waals surface area contributed by atoms with E-state index < -0.39 is 17.3 Å². The van der Waals surface area contributed by atoms with Crippen molar-refractivity contribution in [3.63, 3.8) is 0 Å². The summed E-state index contributed by atoms with van der Waals surface area (Å²) in [6.07, 6.45) is 3.23. The van der Waals surface area contributed by atoms with Gasteiger partial charge in [-0.15, -0.1) is 0 Å². The maximum atomic E-state index is 13.8. The number of H-pyrrole nitrogens is 1. The van der Waals surface area contributed by atoms with Crippen molar-refractivity contribution in [2.24, 2.45) is 5.73 Å². The third-order valence-electron chi connectivity index (χ3n) is 5.86. The largest absolute Gasteiger partial charge is 0.364 e. The molecular formula is C23H25F2N5O2. The number of nitrogens with two attached hydrogens (primary N) is 1. The number of aromatic nitrogens is 4. The molecule has 1 fully saturated rings. The van der Waals surface area contributed by atoms with Crippen LogP contribution in [0.25, 0.3) is 22.2 Å². The van der Waals surface area contributed by atoms with E-state index in [9.17, 15) is 18.4 Å². The molecule has 4 rings (SSSR count). The summed E-state index contributed by atoms with van der Waals surface area (Å²) in [6, 6.07) is 2.94. The van der Waals surface area contributed by atoms with Gasteiger partial charge in [-0.1, -0.05) is 20.8 Å². The van der Waals surface area contributed by atoms with Crippen molar-refractivity contribution in [2.45, 2.75) is 63.7 Å². The zero-order valence-corrected chi connectivity index (χ0v) is 18.2. The highest BCUT2D eigenvalue weighted by Crippen LogP contribution is 2.43. The topological polar surface area (TPSA) is 115 Å². The molecule has 7 nitrogen and oxygen atoms in total. The molecule has 0 aromatic carbocycles. The van der Waals surface area contributed by atoms with Gasteiger partial charge >= 0.3 is 0 Å². The molecule has 3 aromatic heterocycles. The predicted octanol–water partition coefficient (Wildman–Crippen LogP) is 4.07. The zero-order chi connectivity index (χ0) is 23.3. The number of alkyl halides is 2. The maximum absolute atomic E-state index is 13.8. The van der Waals surface area contributed by atoms with Crippen LogP contribution >= 0.6 is 0 Å². The summed E-state index contributed by atoms with van der Waals surface area (Å²) in [4.78, 5) is 40.9. The fraction of sp³-hybridized carbons (Fsp3) is 0.435. The summed E-state index contributed by atoms with van der Waals surface area (Å²) in [7, 11) is 0. The lowest BCUT2D eigenvalue weighted by atomic mass is 9.82. The average Bonchev–Trinajstić information content (AvgIpc) is 2.72. The highest BCUT2D eigenvalue weighted by molar-refractivity contribution is 6.03. The Morgan fingerprint density at radius 2 is 1.91 bits per heavy atom. The molecule has 1 saturated carbocycles. The van der Waals surface area contributed by atoms with E-state index in [4.69, 9.17) is 10.7 Å². The van der Waals surface area contributed by atoms with Gasteiger partial charge in [0.05, 0.1) is 22.3 Å². The van der Waals surface area contributed by atoms with Crippen LogP contribution in [0.3, 0.4) is 0 Å². The third kappa shape index (κ3) is 4.11. The quantitative estimate of drug-likeness (QED) is 0.636. The summed E-state index contributed by atoms with van der Waals surface area (Å²) in [5.74, 6) is -3.02. The minimum Gasteiger partial charge on any atom is -0.364 e. The van der Waals surface area contributed by atoms with Crippen molar-refractivity contribution in [1.29, 1.82) is 0 Å². The lowest BCUT2D eigenvalue weighted by Crippen LogP contribution is -2.25. The molecule has 1 aliphatic rings. The number of aromatic amines is 1. The fourth-order valence-electron chi connectivity index (χ4n) is 4.12. The molecule has 3 N–H and O–H groups in total. The predicted molar refractivity (Wildman–Crippen MR) is 117 cm³/mol. The zero-order valence-electron chi connectivity index (χ0n) is 18.2. The molecule has 0 bridgehead atoms. The van der Waals surface area contributed by atoms with Gasteiger partial charge in [0.15, 0.2) is 5.43 Å². The molecule has 3 aromatic rings. The first kappa shape index (κ1) is 22.0. The Morgan fingerprint density at radius 1 is 1.22 bits per heavy atom. The third-order valence-corrected chi connectivity index (χ3v) is 5.86. The first-order valence-corrected chi connectivity index (χ1v) is 10.5. The van der Waals surface area contributed by atoms with Crippen LogP contribution in [0.1, 0.15) is 74.4 Å². The van der Waals surface area contributed by atoms with E-state index in [0.717, 1.165) is 0 Å². The minimum absolute atomic E-state index is 0.106. The smallest absolute Gasteiger partial charge is 0.268 e. The number of carbonyl (C=O) groups excluding carboxylic acids is 1. The number of pyridine rings is 2. The van der Waals surface area contributed by atoms with E-state index in [0.29, 0.717) is 41.1 Å². The first-order chi connectivity index (χ1) is 15.0. The van der Waals surface area contributed by atoms with E-state index in [1.165, 1.54) is 12.3 Å². The summed E-state index contributed by atoms with van der Waals surface area (Å²) in [6.45, 7) is 5.95. The second kappa shape index (κ2) is 7.72. The highest BCUT2D eigenvalue weighted by Gasteiger charge is 2.37. The van der Waals surface area contributed by atoms with Crippen molar-refractivity contribution in [3.05, 3.63) is 52.0 Å². The van der Waals surface area contributed by atoms with Gasteiger partial charge in [0.25, 0.3) is 5.91 Å². The van der Waals surface area contributed by atoms with Crippen molar-refractivity contribution >= 4 is 16.8 Å². The summed E-state index contributed by atoms with van der Waals surface area (Å²) >= 11 is 0. The SMILES string of the molecule is CC(C)(C)c1ncc(-c2cc(=O)c3c(C(N)=O)nccc3[nH]2)c(C2CCC(F)(F)CC2)n1. The van der Waals surface area contributed by atoms with Gasteiger partial charge in [0.2, 0.25) is 5.92 Å². The Kier molecular flexibility index (Phi) is 5.30. The van der Waals surface area contributed by atoms with Crippen molar-refractivity contribution < 1.29 is 13.6 Å². The number of hydrogen-bond donors (Lipinski definition) is 2. The molecular weight excluding hydrogens is 416 g/mol. The molecule has 0 radical (unpaired) electrons.